The van der Waals surface area contributed by atoms with Crippen molar-refractivity contribution in [1.82, 2.24) is 5.01 Å². The predicted molar refractivity (Wildman–Crippen MR) is 56.0 cm³/mol. The van der Waals surface area contributed by atoms with E-state index in [0.29, 0.717) is 18.4 Å². The van der Waals surface area contributed by atoms with Crippen LogP contribution in [-0.2, 0) is 4.79 Å². The zero-order valence-electron chi connectivity index (χ0n) is 8.99. The molecule has 78 valence electrons. The first kappa shape index (κ1) is 9.69. The molecule has 2 aliphatic rings. The largest absolute Gasteiger partial charge is 0.273 e. The number of hydrazone groups is 1. The first-order valence-electron chi connectivity index (χ1n) is 5.54. The van der Waals surface area contributed by atoms with E-state index in [1.54, 1.807) is 5.01 Å². The van der Waals surface area contributed by atoms with E-state index < -0.39 is 0 Å². The number of nitrogens with zero attached hydrogens (tertiary/aromatic N) is 2. The fourth-order valence-electron chi connectivity index (χ4n) is 2.49. The van der Waals surface area contributed by atoms with Crippen molar-refractivity contribution in [2.75, 3.05) is 0 Å². The fourth-order valence-corrected chi connectivity index (χ4v) is 2.49. The Kier molecular flexibility index (Phi) is 2.57. The molecule has 1 aliphatic carbocycles. The third-order valence-electron chi connectivity index (χ3n) is 3.32. The minimum Gasteiger partial charge on any atom is -0.273 e. The van der Waals surface area contributed by atoms with Crippen LogP contribution in [0.4, 0.5) is 0 Å². The van der Waals surface area contributed by atoms with Crippen LogP contribution < -0.4 is 0 Å². The Labute approximate surface area is 85.2 Å². The summed E-state index contributed by atoms with van der Waals surface area (Å²) < 4.78 is 0. The van der Waals surface area contributed by atoms with Gasteiger partial charge in [-0.3, -0.25) is 4.79 Å². The third-order valence-corrected chi connectivity index (χ3v) is 3.32. The lowest BCUT2D eigenvalue weighted by Gasteiger charge is -2.33. The minimum absolute atomic E-state index is 0.196. The molecule has 1 heterocycles. The van der Waals surface area contributed by atoms with Crippen LogP contribution in [0.2, 0.25) is 0 Å². The van der Waals surface area contributed by atoms with E-state index in [1.165, 1.54) is 19.3 Å². The van der Waals surface area contributed by atoms with Crippen molar-refractivity contribution in [3.05, 3.63) is 0 Å². The van der Waals surface area contributed by atoms with Gasteiger partial charge < -0.3 is 0 Å². The Morgan fingerprint density at radius 3 is 2.64 bits per heavy atom. The first-order chi connectivity index (χ1) is 6.68. The van der Waals surface area contributed by atoms with Crippen molar-refractivity contribution >= 4 is 11.6 Å². The molecule has 0 aromatic carbocycles. The van der Waals surface area contributed by atoms with E-state index in [0.717, 1.165) is 12.1 Å². The molecule has 1 amide bonds. The van der Waals surface area contributed by atoms with E-state index in [9.17, 15) is 4.79 Å². The summed E-state index contributed by atoms with van der Waals surface area (Å²) in [6.07, 6.45) is 5.45. The van der Waals surface area contributed by atoms with Crippen molar-refractivity contribution in [3.8, 4) is 0 Å². The van der Waals surface area contributed by atoms with Crippen LogP contribution in [0.1, 0.15) is 46.0 Å². The molecule has 0 aromatic heterocycles. The van der Waals surface area contributed by atoms with Gasteiger partial charge in [0, 0.05) is 5.71 Å². The summed E-state index contributed by atoms with van der Waals surface area (Å²) in [6, 6.07) is 0.369. The van der Waals surface area contributed by atoms with Gasteiger partial charge in [0.15, 0.2) is 0 Å². The average molecular weight is 194 g/mol. The van der Waals surface area contributed by atoms with Crippen LogP contribution in [-0.4, -0.2) is 22.7 Å². The summed E-state index contributed by atoms with van der Waals surface area (Å²) in [5, 5.41) is 6.09. The maximum Gasteiger partial charge on any atom is 0.248 e. The summed E-state index contributed by atoms with van der Waals surface area (Å²) in [6.45, 7) is 4.17. The highest BCUT2D eigenvalue weighted by atomic mass is 16.2. The van der Waals surface area contributed by atoms with E-state index >= 15 is 0 Å². The third kappa shape index (κ3) is 1.68. The van der Waals surface area contributed by atoms with Crippen LogP contribution in [0.3, 0.4) is 0 Å². The van der Waals surface area contributed by atoms with Gasteiger partial charge in [-0.15, -0.1) is 0 Å². The van der Waals surface area contributed by atoms with Gasteiger partial charge in [0.2, 0.25) is 5.91 Å². The first-order valence-corrected chi connectivity index (χ1v) is 5.54. The Morgan fingerprint density at radius 1 is 1.36 bits per heavy atom. The topological polar surface area (TPSA) is 32.7 Å². The zero-order chi connectivity index (χ0) is 10.1. The molecule has 3 heteroatoms. The summed E-state index contributed by atoms with van der Waals surface area (Å²) in [7, 11) is 0. The molecule has 1 fully saturated rings. The molecule has 0 bridgehead atoms. The van der Waals surface area contributed by atoms with Crippen molar-refractivity contribution in [2.24, 2.45) is 11.0 Å². The highest BCUT2D eigenvalue weighted by Crippen LogP contribution is 2.30. The molecule has 0 radical (unpaired) electrons. The fraction of sp³-hybridized carbons (Fsp3) is 0.818. The number of hydrogen-bond acceptors (Lipinski definition) is 2. The van der Waals surface area contributed by atoms with Crippen LogP contribution >= 0.6 is 0 Å². The molecule has 2 atom stereocenters. The van der Waals surface area contributed by atoms with E-state index in [-0.39, 0.29) is 5.91 Å². The Hall–Kier alpha value is -0.860. The molecule has 2 rings (SSSR count). The number of hydrogen-bond donors (Lipinski definition) is 0. The average Bonchev–Trinajstić information content (AvgIpc) is 2.46. The number of carbonyl (C=O) groups excluding carboxylic acids is 1. The smallest absolute Gasteiger partial charge is 0.248 e. The standard InChI is InChI=1S/C11H18N2O/c1-8-5-3-4-6-10(8)13-11(14)7-9(2)12-13/h8,10H,3-7H2,1-2H3. The van der Waals surface area contributed by atoms with Gasteiger partial charge in [-0.1, -0.05) is 19.8 Å². The van der Waals surface area contributed by atoms with Crippen LogP contribution in [0.15, 0.2) is 5.10 Å². The van der Waals surface area contributed by atoms with Crippen LogP contribution in [0.5, 0.6) is 0 Å². The maximum atomic E-state index is 11.6. The van der Waals surface area contributed by atoms with Gasteiger partial charge in [-0.25, -0.2) is 5.01 Å². The predicted octanol–water partition coefficient (Wildman–Crippen LogP) is 2.17. The maximum absolute atomic E-state index is 11.6. The van der Waals surface area contributed by atoms with Gasteiger partial charge in [-0.2, -0.15) is 5.10 Å². The molecule has 3 nitrogen and oxygen atoms in total. The molecular formula is C11H18N2O. The van der Waals surface area contributed by atoms with E-state index in [1.807, 2.05) is 6.92 Å². The number of rotatable bonds is 1. The summed E-state index contributed by atoms with van der Waals surface area (Å²) in [4.78, 5) is 11.6. The molecule has 0 spiro atoms. The number of carbonyl (C=O) groups is 1. The molecule has 0 N–H and O–H groups in total. The Balaban J connectivity index is 2.09. The van der Waals surface area contributed by atoms with E-state index in [2.05, 4.69) is 12.0 Å². The number of amides is 1. The van der Waals surface area contributed by atoms with E-state index in [4.69, 9.17) is 0 Å². The molecule has 1 aliphatic heterocycles. The van der Waals surface area contributed by atoms with Crippen LogP contribution in [0.25, 0.3) is 0 Å². The Morgan fingerprint density at radius 2 is 2.07 bits per heavy atom. The molecule has 1 saturated carbocycles. The lowest BCUT2D eigenvalue weighted by atomic mass is 9.85. The summed E-state index contributed by atoms with van der Waals surface area (Å²) >= 11 is 0. The second-order valence-electron chi connectivity index (χ2n) is 4.58. The van der Waals surface area contributed by atoms with Crippen molar-refractivity contribution in [1.29, 1.82) is 0 Å². The summed E-state index contributed by atoms with van der Waals surface area (Å²) in [5.41, 5.74) is 0.966. The molecule has 2 unspecified atom stereocenters. The minimum atomic E-state index is 0.196. The highest BCUT2D eigenvalue weighted by Gasteiger charge is 2.33. The Bertz CT molecular complexity index is 272. The second kappa shape index (κ2) is 3.71. The van der Waals surface area contributed by atoms with Gasteiger partial charge in [0.05, 0.1) is 12.5 Å². The zero-order valence-corrected chi connectivity index (χ0v) is 8.99. The molecular weight excluding hydrogens is 176 g/mol. The summed E-state index contributed by atoms with van der Waals surface area (Å²) in [5.74, 6) is 0.809. The highest BCUT2D eigenvalue weighted by molar-refractivity contribution is 6.03. The van der Waals surface area contributed by atoms with Gasteiger partial charge in [0.25, 0.3) is 0 Å². The van der Waals surface area contributed by atoms with Crippen molar-refractivity contribution < 1.29 is 4.79 Å². The molecule has 0 saturated heterocycles. The van der Waals surface area contributed by atoms with Gasteiger partial charge in [-0.05, 0) is 25.7 Å². The monoisotopic (exact) mass is 194 g/mol. The SMILES string of the molecule is CC1=NN(C2CCCCC2C)C(=O)C1. The molecule has 14 heavy (non-hydrogen) atoms. The van der Waals surface area contributed by atoms with Crippen molar-refractivity contribution in [2.45, 2.75) is 52.0 Å². The van der Waals surface area contributed by atoms with Crippen LogP contribution in [0, 0.1) is 5.92 Å². The van der Waals surface area contributed by atoms with Gasteiger partial charge >= 0.3 is 0 Å². The molecule has 0 aromatic rings. The quantitative estimate of drug-likeness (QED) is 0.629. The normalized spacial score (nSPS) is 33.4. The lowest BCUT2D eigenvalue weighted by Crippen LogP contribution is -2.39. The lowest BCUT2D eigenvalue weighted by molar-refractivity contribution is -0.132. The second-order valence-corrected chi connectivity index (χ2v) is 4.58. The van der Waals surface area contributed by atoms with Gasteiger partial charge in [0.1, 0.15) is 0 Å². The van der Waals surface area contributed by atoms with Crippen molar-refractivity contribution in [3.63, 3.8) is 0 Å².